The maximum atomic E-state index is 11.0. The molecule has 1 atom stereocenters. The lowest BCUT2D eigenvalue weighted by molar-refractivity contribution is 0.0697. The van der Waals surface area contributed by atoms with E-state index in [2.05, 4.69) is 30.2 Å². The molecule has 0 aliphatic carbocycles. The van der Waals surface area contributed by atoms with Gasteiger partial charge in [0.05, 0.1) is 11.3 Å². The number of nitrogen functional groups attached to an aromatic ring is 1. The summed E-state index contributed by atoms with van der Waals surface area (Å²) in [6.45, 7) is 4.48. The third kappa shape index (κ3) is 4.61. The number of benzene rings is 1. The van der Waals surface area contributed by atoms with E-state index in [1.165, 1.54) is 50.9 Å². The van der Waals surface area contributed by atoms with E-state index in [-0.39, 0.29) is 11.5 Å². The monoisotopic (exact) mass is 448 g/mol. The first kappa shape index (κ1) is 21.2. The van der Waals surface area contributed by atoms with Crippen LogP contribution in [0.15, 0.2) is 42.6 Å². The molecule has 2 aromatic heterocycles. The van der Waals surface area contributed by atoms with Crippen LogP contribution in [0.5, 0.6) is 0 Å². The molecule has 0 unspecified atom stereocenters. The van der Waals surface area contributed by atoms with Gasteiger partial charge in [0.25, 0.3) is 0 Å². The van der Waals surface area contributed by atoms with Gasteiger partial charge in [-0.15, -0.1) is 5.10 Å². The van der Waals surface area contributed by atoms with Gasteiger partial charge in [0.2, 0.25) is 11.9 Å². The number of likely N-dealkylation sites (tertiary alicyclic amines) is 1. The van der Waals surface area contributed by atoms with E-state index in [0.29, 0.717) is 17.7 Å². The van der Waals surface area contributed by atoms with E-state index in [1.807, 2.05) is 12.1 Å². The second-order valence-electron chi connectivity index (χ2n) is 8.58. The highest BCUT2D eigenvalue weighted by Gasteiger charge is 2.28. The average Bonchev–Trinajstić information content (AvgIpc) is 3.57. The summed E-state index contributed by atoms with van der Waals surface area (Å²) in [6.07, 6.45) is 6.74. The predicted octanol–water partition coefficient (Wildman–Crippen LogP) is 2.75. The Bertz CT molecular complexity index is 1120. The second-order valence-corrected chi connectivity index (χ2v) is 8.58. The summed E-state index contributed by atoms with van der Waals surface area (Å²) >= 11 is 0. The molecule has 2 aliphatic rings. The number of hydrogen-bond donors (Lipinski definition) is 3. The first-order valence-electron chi connectivity index (χ1n) is 11.4. The average molecular weight is 449 g/mol. The third-order valence-electron chi connectivity index (χ3n) is 6.33. The number of nitrogens with zero attached hydrogens (tertiary/aromatic N) is 6. The topological polar surface area (TPSA) is 125 Å². The molecule has 172 valence electrons. The van der Waals surface area contributed by atoms with Crippen LogP contribution in [0.1, 0.15) is 36.0 Å². The van der Waals surface area contributed by atoms with E-state index in [0.717, 1.165) is 24.6 Å². The van der Waals surface area contributed by atoms with Gasteiger partial charge in [-0.1, -0.05) is 0 Å². The number of aromatic nitrogens is 4. The van der Waals surface area contributed by atoms with Crippen LogP contribution in [0.3, 0.4) is 0 Å². The smallest absolute Gasteiger partial charge is 0.335 e. The van der Waals surface area contributed by atoms with Crippen LogP contribution >= 0.6 is 0 Å². The molecular formula is C23H28N8O2. The fraction of sp³-hybridized carbons (Fsp3) is 0.391. The Kier molecular flexibility index (Phi) is 5.82. The molecular weight excluding hydrogens is 420 g/mol. The largest absolute Gasteiger partial charge is 0.478 e. The summed E-state index contributed by atoms with van der Waals surface area (Å²) in [5.41, 5.74) is 7.85. The number of nitrogens with one attached hydrogen (secondary N) is 1. The van der Waals surface area contributed by atoms with Crippen LogP contribution in [0.25, 0.3) is 5.69 Å². The molecule has 2 saturated heterocycles. The maximum absolute atomic E-state index is 11.0. The van der Waals surface area contributed by atoms with Crippen molar-refractivity contribution in [1.82, 2.24) is 24.6 Å². The lowest BCUT2D eigenvalue weighted by atomic mass is 10.2. The predicted molar refractivity (Wildman–Crippen MR) is 126 cm³/mol. The van der Waals surface area contributed by atoms with Crippen molar-refractivity contribution in [1.29, 1.82) is 0 Å². The number of carboxylic acid groups (broad SMARTS) is 1. The van der Waals surface area contributed by atoms with Gasteiger partial charge in [-0.05, 0) is 69.1 Å². The first-order chi connectivity index (χ1) is 16.1. The first-order valence-corrected chi connectivity index (χ1v) is 11.4. The molecule has 3 aromatic rings. The molecule has 2 fully saturated rings. The van der Waals surface area contributed by atoms with Crippen LogP contribution in [-0.2, 0) is 0 Å². The second kappa shape index (κ2) is 9.07. The van der Waals surface area contributed by atoms with Crippen LogP contribution < -0.4 is 16.0 Å². The highest BCUT2D eigenvalue weighted by molar-refractivity contribution is 5.88. The fourth-order valence-corrected chi connectivity index (χ4v) is 4.68. The van der Waals surface area contributed by atoms with Crippen LogP contribution in [-0.4, -0.2) is 67.9 Å². The minimum atomic E-state index is -0.970. The van der Waals surface area contributed by atoms with Gasteiger partial charge in [-0.2, -0.15) is 9.67 Å². The van der Waals surface area contributed by atoms with Crippen molar-refractivity contribution >= 4 is 29.4 Å². The number of pyridine rings is 1. The summed E-state index contributed by atoms with van der Waals surface area (Å²) in [5.74, 6) is 0.555. The number of rotatable bonds is 7. The van der Waals surface area contributed by atoms with Gasteiger partial charge in [0.15, 0.2) is 0 Å². The van der Waals surface area contributed by atoms with Crippen molar-refractivity contribution in [2.75, 3.05) is 42.1 Å². The van der Waals surface area contributed by atoms with E-state index in [9.17, 15) is 4.79 Å². The van der Waals surface area contributed by atoms with E-state index in [4.69, 9.17) is 10.8 Å². The Labute approximate surface area is 192 Å². The summed E-state index contributed by atoms with van der Waals surface area (Å²) in [7, 11) is 0. The minimum absolute atomic E-state index is 0.216. The standard InChI is InChI=1S/C23H28N8O2/c24-22-27-23(26-17-7-5-16(6-8-17)21(32)33)28-31(22)18-9-10-25-20(14-18)30-13-3-4-19(30)15-29-11-1-2-12-29/h5-10,14,19H,1-4,11-13,15H2,(H,32,33)(H3,24,26,27,28)/t19-/m0/s1. The Morgan fingerprint density at radius 2 is 1.91 bits per heavy atom. The molecule has 0 amide bonds. The summed E-state index contributed by atoms with van der Waals surface area (Å²) in [4.78, 5) is 24.9. The fourth-order valence-electron chi connectivity index (χ4n) is 4.68. The summed E-state index contributed by atoms with van der Waals surface area (Å²) < 4.78 is 1.59. The highest BCUT2D eigenvalue weighted by Crippen LogP contribution is 2.27. The van der Waals surface area contributed by atoms with Crippen molar-refractivity contribution in [2.45, 2.75) is 31.7 Å². The van der Waals surface area contributed by atoms with Crippen molar-refractivity contribution in [3.8, 4) is 5.69 Å². The number of nitrogens with two attached hydrogens (primary N) is 1. The van der Waals surface area contributed by atoms with Gasteiger partial charge >= 0.3 is 5.97 Å². The van der Waals surface area contributed by atoms with Crippen LogP contribution in [0.2, 0.25) is 0 Å². The lowest BCUT2D eigenvalue weighted by Crippen LogP contribution is -2.39. The molecule has 33 heavy (non-hydrogen) atoms. The van der Waals surface area contributed by atoms with Gasteiger partial charge in [-0.25, -0.2) is 9.78 Å². The van der Waals surface area contributed by atoms with E-state index < -0.39 is 5.97 Å². The molecule has 0 bridgehead atoms. The van der Waals surface area contributed by atoms with Crippen LogP contribution in [0.4, 0.5) is 23.4 Å². The molecule has 4 heterocycles. The van der Waals surface area contributed by atoms with E-state index >= 15 is 0 Å². The van der Waals surface area contributed by atoms with Gasteiger partial charge in [-0.3, -0.25) is 0 Å². The van der Waals surface area contributed by atoms with Crippen molar-refractivity contribution in [3.63, 3.8) is 0 Å². The molecule has 4 N–H and O–H groups in total. The SMILES string of the molecule is Nc1nc(Nc2ccc(C(=O)O)cc2)nn1-c1ccnc(N2CCC[C@H]2CN2CCCC2)c1. The Balaban J connectivity index is 1.33. The number of carboxylic acids is 1. The minimum Gasteiger partial charge on any atom is -0.478 e. The third-order valence-corrected chi connectivity index (χ3v) is 6.33. The Hall–Kier alpha value is -3.66. The quantitative estimate of drug-likeness (QED) is 0.500. The molecule has 0 radical (unpaired) electrons. The van der Waals surface area contributed by atoms with Gasteiger partial charge in [0, 0.05) is 37.1 Å². The molecule has 0 spiro atoms. The zero-order valence-corrected chi connectivity index (χ0v) is 18.4. The highest BCUT2D eigenvalue weighted by atomic mass is 16.4. The van der Waals surface area contributed by atoms with Crippen molar-refractivity contribution in [3.05, 3.63) is 48.2 Å². The zero-order chi connectivity index (χ0) is 22.8. The zero-order valence-electron chi connectivity index (χ0n) is 18.4. The van der Waals surface area contributed by atoms with Gasteiger partial charge in [0.1, 0.15) is 5.82 Å². The number of aromatic carboxylic acids is 1. The normalized spacial score (nSPS) is 18.7. The summed E-state index contributed by atoms with van der Waals surface area (Å²) in [6, 6.07) is 10.7. The Morgan fingerprint density at radius 3 is 2.67 bits per heavy atom. The summed E-state index contributed by atoms with van der Waals surface area (Å²) in [5, 5.41) is 16.6. The van der Waals surface area contributed by atoms with Crippen LogP contribution in [0, 0.1) is 0 Å². The molecule has 0 saturated carbocycles. The molecule has 2 aliphatic heterocycles. The van der Waals surface area contributed by atoms with E-state index in [1.54, 1.807) is 23.0 Å². The Morgan fingerprint density at radius 1 is 1.12 bits per heavy atom. The lowest BCUT2D eigenvalue weighted by Gasteiger charge is -2.29. The number of anilines is 4. The molecule has 1 aromatic carbocycles. The van der Waals surface area contributed by atoms with Crippen molar-refractivity contribution < 1.29 is 9.90 Å². The number of carbonyl (C=O) groups is 1. The number of hydrogen-bond acceptors (Lipinski definition) is 8. The molecule has 5 rings (SSSR count). The maximum Gasteiger partial charge on any atom is 0.335 e. The van der Waals surface area contributed by atoms with Crippen molar-refractivity contribution in [2.24, 2.45) is 0 Å². The molecule has 10 heteroatoms. The van der Waals surface area contributed by atoms with Gasteiger partial charge < -0.3 is 26.0 Å². The molecule has 10 nitrogen and oxygen atoms in total.